The van der Waals surface area contributed by atoms with Gasteiger partial charge in [-0.3, -0.25) is 9.10 Å². The highest BCUT2D eigenvalue weighted by Crippen LogP contribution is 2.28. The van der Waals surface area contributed by atoms with E-state index in [1.165, 1.54) is 4.31 Å². The van der Waals surface area contributed by atoms with Crippen LogP contribution in [0.5, 0.6) is 0 Å². The van der Waals surface area contributed by atoms with Crippen LogP contribution in [0.4, 0.5) is 5.69 Å². The van der Waals surface area contributed by atoms with Crippen LogP contribution in [0.1, 0.15) is 29.2 Å². The lowest BCUT2D eigenvalue weighted by molar-refractivity contribution is -0.128. The van der Waals surface area contributed by atoms with Gasteiger partial charge in [0, 0.05) is 13.6 Å². The smallest absolute Gasteiger partial charge is 0.264 e. The summed E-state index contributed by atoms with van der Waals surface area (Å²) in [5.74, 6) is -0.271. The third kappa shape index (κ3) is 5.37. The van der Waals surface area contributed by atoms with Gasteiger partial charge in [-0.25, -0.2) is 8.42 Å². The Morgan fingerprint density at radius 2 is 1.41 bits per heavy atom. The third-order valence-corrected chi connectivity index (χ3v) is 7.27. The summed E-state index contributed by atoms with van der Waals surface area (Å²) in [6.45, 7) is 6.03. The molecular weight excluding hydrogens is 420 g/mol. The number of anilines is 1. The van der Waals surface area contributed by atoms with Crippen LogP contribution in [0, 0.1) is 13.8 Å². The molecule has 5 nitrogen and oxygen atoms in total. The molecule has 32 heavy (non-hydrogen) atoms. The lowest BCUT2D eigenvalue weighted by Gasteiger charge is -2.28. The molecule has 0 saturated carbocycles. The largest absolute Gasteiger partial charge is 0.340 e. The first kappa shape index (κ1) is 23.5. The molecule has 0 fully saturated rings. The summed E-state index contributed by atoms with van der Waals surface area (Å²) in [6.07, 6.45) is 0.656. The zero-order chi connectivity index (χ0) is 23.3. The maximum atomic E-state index is 13.6. The van der Waals surface area contributed by atoms with Gasteiger partial charge in [-0.2, -0.15) is 0 Å². The maximum absolute atomic E-state index is 13.6. The fourth-order valence-electron chi connectivity index (χ4n) is 3.49. The van der Waals surface area contributed by atoms with Crippen molar-refractivity contribution >= 4 is 21.6 Å². The van der Waals surface area contributed by atoms with E-state index in [0.29, 0.717) is 18.7 Å². The van der Waals surface area contributed by atoms with Gasteiger partial charge in [-0.05, 0) is 49.6 Å². The summed E-state index contributed by atoms with van der Waals surface area (Å²) in [6, 6.07) is 22.0. The summed E-state index contributed by atoms with van der Waals surface area (Å²) in [5.41, 5.74) is 4.52. The summed E-state index contributed by atoms with van der Waals surface area (Å²) in [5, 5.41) is 0. The third-order valence-electron chi connectivity index (χ3n) is 5.50. The highest BCUT2D eigenvalue weighted by Gasteiger charge is 2.29. The molecule has 0 heterocycles. The van der Waals surface area contributed by atoms with Crippen molar-refractivity contribution in [3.05, 3.63) is 95.1 Å². The van der Waals surface area contributed by atoms with Crippen LogP contribution in [0.15, 0.2) is 77.7 Å². The Labute approximate surface area is 191 Å². The van der Waals surface area contributed by atoms with Crippen molar-refractivity contribution in [2.45, 2.75) is 38.6 Å². The lowest BCUT2D eigenvalue weighted by atomic mass is 10.1. The number of amides is 1. The summed E-state index contributed by atoms with van der Waals surface area (Å²) >= 11 is 0. The molecule has 1 amide bonds. The Hall–Kier alpha value is -3.12. The minimum atomic E-state index is -3.92. The SMILES string of the molecule is CCc1ccccc1N(CC(=O)N(C)Cc1ccc(C)cc1)S(=O)(=O)c1ccc(C)cc1. The predicted octanol–water partition coefficient (Wildman–Crippen LogP) is 4.72. The van der Waals surface area contributed by atoms with E-state index >= 15 is 0 Å². The number of carbonyl (C=O) groups excluding carboxylic acids is 1. The molecule has 0 radical (unpaired) electrons. The van der Waals surface area contributed by atoms with E-state index in [-0.39, 0.29) is 17.3 Å². The maximum Gasteiger partial charge on any atom is 0.264 e. The normalized spacial score (nSPS) is 11.2. The number of hydrogen-bond donors (Lipinski definition) is 0. The quantitative estimate of drug-likeness (QED) is 0.499. The molecule has 0 aromatic heterocycles. The molecule has 0 unspecified atom stereocenters. The van der Waals surface area contributed by atoms with E-state index < -0.39 is 10.0 Å². The van der Waals surface area contributed by atoms with Crippen molar-refractivity contribution in [1.82, 2.24) is 4.90 Å². The molecule has 6 heteroatoms. The van der Waals surface area contributed by atoms with Crippen molar-refractivity contribution in [3.63, 3.8) is 0 Å². The van der Waals surface area contributed by atoms with Gasteiger partial charge in [0.15, 0.2) is 0 Å². The molecule has 0 atom stereocenters. The van der Waals surface area contributed by atoms with Crippen molar-refractivity contribution in [2.75, 3.05) is 17.9 Å². The molecule has 0 bridgehead atoms. The summed E-state index contributed by atoms with van der Waals surface area (Å²) in [7, 11) is -2.23. The van der Waals surface area contributed by atoms with Gasteiger partial charge in [-0.1, -0.05) is 72.6 Å². The molecule has 3 aromatic rings. The molecule has 0 aliphatic heterocycles. The first-order chi connectivity index (χ1) is 15.2. The van der Waals surface area contributed by atoms with E-state index in [2.05, 4.69) is 0 Å². The zero-order valence-electron chi connectivity index (χ0n) is 19.1. The summed E-state index contributed by atoms with van der Waals surface area (Å²) in [4.78, 5) is 14.9. The van der Waals surface area contributed by atoms with Gasteiger partial charge in [0.05, 0.1) is 10.6 Å². The molecule has 168 valence electrons. The Kier molecular flexibility index (Phi) is 7.36. The van der Waals surface area contributed by atoms with Crippen LogP contribution in [0.25, 0.3) is 0 Å². The molecule has 0 aliphatic carbocycles. The van der Waals surface area contributed by atoms with Gasteiger partial charge < -0.3 is 4.90 Å². The highest BCUT2D eigenvalue weighted by molar-refractivity contribution is 7.92. The minimum absolute atomic E-state index is 0.169. The lowest BCUT2D eigenvalue weighted by Crippen LogP contribution is -2.41. The Morgan fingerprint density at radius 1 is 0.844 bits per heavy atom. The number of sulfonamides is 1. The number of carbonyl (C=O) groups is 1. The van der Waals surface area contributed by atoms with Gasteiger partial charge >= 0.3 is 0 Å². The molecular formula is C26H30N2O3S. The average molecular weight is 451 g/mol. The van der Waals surface area contributed by atoms with Crippen molar-refractivity contribution in [3.8, 4) is 0 Å². The number of rotatable bonds is 8. The second-order valence-electron chi connectivity index (χ2n) is 8.04. The van der Waals surface area contributed by atoms with Crippen LogP contribution in [-0.2, 0) is 27.8 Å². The Morgan fingerprint density at radius 3 is 2.00 bits per heavy atom. The van der Waals surface area contributed by atoms with Crippen molar-refractivity contribution < 1.29 is 13.2 Å². The molecule has 3 aromatic carbocycles. The van der Waals surface area contributed by atoms with Gasteiger partial charge in [0.1, 0.15) is 6.54 Å². The van der Waals surface area contributed by atoms with Gasteiger partial charge in [0.2, 0.25) is 5.91 Å². The second kappa shape index (κ2) is 10.0. The van der Waals surface area contributed by atoms with Crippen LogP contribution >= 0.6 is 0 Å². The van der Waals surface area contributed by atoms with Crippen LogP contribution in [0.2, 0.25) is 0 Å². The molecule has 3 rings (SSSR count). The number of benzene rings is 3. The van der Waals surface area contributed by atoms with E-state index in [9.17, 15) is 13.2 Å². The molecule has 0 aliphatic rings. The van der Waals surface area contributed by atoms with Crippen molar-refractivity contribution in [2.24, 2.45) is 0 Å². The molecule has 0 saturated heterocycles. The monoisotopic (exact) mass is 450 g/mol. The number of aryl methyl sites for hydroxylation is 3. The fraction of sp³-hybridized carbons (Fsp3) is 0.269. The topological polar surface area (TPSA) is 57.7 Å². The van der Waals surface area contributed by atoms with E-state index in [4.69, 9.17) is 0 Å². The standard InChI is InChI=1S/C26H30N2O3S/c1-5-23-8-6-7-9-25(23)28(32(30,31)24-16-12-21(3)13-17-24)19-26(29)27(4)18-22-14-10-20(2)11-15-22/h6-17H,5,18-19H2,1-4H3. The Bertz CT molecular complexity index is 1170. The predicted molar refractivity (Wildman–Crippen MR) is 129 cm³/mol. The number of nitrogens with zero attached hydrogens (tertiary/aromatic N) is 2. The van der Waals surface area contributed by atoms with Crippen LogP contribution in [0.3, 0.4) is 0 Å². The van der Waals surface area contributed by atoms with E-state index in [1.807, 2.05) is 57.2 Å². The highest BCUT2D eigenvalue weighted by atomic mass is 32.2. The Balaban J connectivity index is 1.94. The van der Waals surface area contributed by atoms with Crippen molar-refractivity contribution in [1.29, 1.82) is 0 Å². The molecule has 0 N–H and O–H groups in total. The molecule has 0 spiro atoms. The van der Waals surface area contributed by atoms with Gasteiger partial charge in [0.25, 0.3) is 10.0 Å². The fourth-order valence-corrected chi connectivity index (χ4v) is 4.94. The zero-order valence-corrected chi connectivity index (χ0v) is 19.9. The second-order valence-corrected chi connectivity index (χ2v) is 9.90. The first-order valence-electron chi connectivity index (χ1n) is 10.7. The van der Waals surface area contributed by atoms with Crippen LogP contribution in [-0.4, -0.2) is 32.8 Å². The van der Waals surface area contributed by atoms with E-state index in [0.717, 1.165) is 22.3 Å². The van der Waals surface area contributed by atoms with Gasteiger partial charge in [-0.15, -0.1) is 0 Å². The minimum Gasteiger partial charge on any atom is -0.340 e. The average Bonchev–Trinajstić information content (AvgIpc) is 2.79. The number of likely N-dealkylation sites (N-methyl/N-ethyl adjacent to an activating group) is 1. The number of hydrogen-bond acceptors (Lipinski definition) is 3. The van der Waals surface area contributed by atoms with Crippen LogP contribution < -0.4 is 4.31 Å². The van der Waals surface area contributed by atoms with E-state index in [1.54, 1.807) is 48.3 Å². The summed E-state index contributed by atoms with van der Waals surface area (Å²) < 4.78 is 28.5. The number of para-hydroxylation sites is 1. The first-order valence-corrected chi connectivity index (χ1v) is 12.1.